The highest BCUT2D eigenvalue weighted by molar-refractivity contribution is 6.31. The van der Waals surface area contributed by atoms with E-state index in [0.717, 1.165) is 11.4 Å². The lowest BCUT2D eigenvalue weighted by Crippen LogP contribution is -2.03. The number of aryl methyl sites for hydroxylation is 1. The summed E-state index contributed by atoms with van der Waals surface area (Å²) in [4.78, 5) is 8.80. The number of para-hydroxylation sites is 2. The van der Waals surface area contributed by atoms with E-state index in [1.165, 1.54) is 12.1 Å². The topological polar surface area (TPSA) is 59.1 Å². The van der Waals surface area contributed by atoms with Crippen molar-refractivity contribution in [2.45, 2.75) is 6.92 Å². The average molecular weight is 359 g/mol. The van der Waals surface area contributed by atoms with E-state index in [4.69, 9.17) is 16.3 Å². The second-order valence-electron chi connectivity index (χ2n) is 5.30. The molecule has 0 aliphatic heterocycles. The number of methoxy groups -OCH3 is 1. The number of anilines is 4. The molecule has 25 heavy (non-hydrogen) atoms. The Morgan fingerprint density at radius 1 is 1.04 bits per heavy atom. The Balaban J connectivity index is 1.86. The van der Waals surface area contributed by atoms with E-state index in [1.54, 1.807) is 19.2 Å². The van der Waals surface area contributed by atoms with Crippen molar-refractivity contribution in [1.29, 1.82) is 0 Å². The van der Waals surface area contributed by atoms with Crippen molar-refractivity contribution in [2.75, 3.05) is 17.7 Å². The third-order valence-corrected chi connectivity index (χ3v) is 3.69. The molecule has 0 amide bonds. The summed E-state index contributed by atoms with van der Waals surface area (Å²) < 4.78 is 18.6. The number of nitrogens with one attached hydrogen (secondary N) is 2. The maximum absolute atomic E-state index is 13.3. The minimum Gasteiger partial charge on any atom is -0.495 e. The molecule has 0 aliphatic carbocycles. The molecular formula is C18H16ClFN4O. The van der Waals surface area contributed by atoms with Crippen LogP contribution in [-0.2, 0) is 0 Å². The van der Waals surface area contributed by atoms with Gasteiger partial charge in [0.15, 0.2) is 0 Å². The maximum Gasteiger partial charge on any atom is 0.229 e. The zero-order chi connectivity index (χ0) is 17.8. The maximum atomic E-state index is 13.3. The Morgan fingerprint density at radius 2 is 1.84 bits per heavy atom. The van der Waals surface area contributed by atoms with Gasteiger partial charge in [-0.25, -0.2) is 9.37 Å². The summed E-state index contributed by atoms with van der Waals surface area (Å²) in [6.07, 6.45) is 0. The van der Waals surface area contributed by atoms with Crippen LogP contribution in [0.1, 0.15) is 5.69 Å². The van der Waals surface area contributed by atoms with Gasteiger partial charge in [-0.15, -0.1) is 0 Å². The van der Waals surface area contributed by atoms with Crippen molar-refractivity contribution in [3.63, 3.8) is 0 Å². The van der Waals surface area contributed by atoms with Crippen LogP contribution >= 0.6 is 11.6 Å². The Morgan fingerprint density at radius 3 is 2.60 bits per heavy atom. The molecule has 0 radical (unpaired) electrons. The van der Waals surface area contributed by atoms with E-state index >= 15 is 0 Å². The first-order valence-corrected chi connectivity index (χ1v) is 7.91. The van der Waals surface area contributed by atoms with Gasteiger partial charge in [-0.3, -0.25) is 0 Å². The summed E-state index contributed by atoms with van der Waals surface area (Å²) in [7, 11) is 1.60. The summed E-state index contributed by atoms with van der Waals surface area (Å²) in [5.74, 6) is 1.20. The fraction of sp³-hybridized carbons (Fsp3) is 0.111. The van der Waals surface area contributed by atoms with E-state index < -0.39 is 5.82 Å². The molecule has 7 heteroatoms. The van der Waals surface area contributed by atoms with E-state index in [0.29, 0.717) is 23.2 Å². The standard InChI is InChI=1S/C18H16ClFN4O/c1-11-9-17(22-12-7-8-14(20)13(19)10-12)24-18(21-11)23-15-5-3-4-6-16(15)25-2/h3-10H,1-2H3,(H2,21,22,23,24). The van der Waals surface area contributed by atoms with E-state index in [1.807, 2.05) is 31.2 Å². The second-order valence-corrected chi connectivity index (χ2v) is 5.70. The highest BCUT2D eigenvalue weighted by Gasteiger charge is 2.08. The molecule has 0 saturated heterocycles. The average Bonchev–Trinajstić information content (AvgIpc) is 2.58. The molecule has 0 unspecified atom stereocenters. The van der Waals surface area contributed by atoms with Gasteiger partial charge in [-0.1, -0.05) is 23.7 Å². The molecule has 1 heterocycles. The van der Waals surface area contributed by atoms with Crippen LogP contribution in [0.25, 0.3) is 0 Å². The van der Waals surface area contributed by atoms with Crippen molar-refractivity contribution in [3.8, 4) is 5.75 Å². The molecule has 0 aliphatic rings. The van der Waals surface area contributed by atoms with Gasteiger partial charge in [0, 0.05) is 17.4 Å². The Kier molecular flexibility index (Phi) is 5.00. The van der Waals surface area contributed by atoms with Crippen LogP contribution in [0.4, 0.5) is 27.5 Å². The predicted molar refractivity (Wildman–Crippen MR) is 97.7 cm³/mol. The quantitative estimate of drug-likeness (QED) is 0.666. The van der Waals surface area contributed by atoms with Gasteiger partial charge in [-0.05, 0) is 37.3 Å². The van der Waals surface area contributed by atoms with Gasteiger partial charge in [0.1, 0.15) is 17.4 Å². The van der Waals surface area contributed by atoms with Crippen LogP contribution < -0.4 is 15.4 Å². The first-order valence-electron chi connectivity index (χ1n) is 7.53. The third kappa shape index (κ3) is 4.16. The molecule has 128 valence electrons. The highest BCUT2D eigenvalue weighted by Crippen LogP contribution is 2.27. The lowest BCUT2D eigenvalue weighted by Gasteiger charge is -2.12. The van der Waals surface area contributed by atoms with Gasteiger partial charge in [-0.2, -0.15) is 4.98 Å². The molecule has 1 aromatic heterocycles. The number of hydrogen-bond donors (Lipinski definition) is 2. The minimum atomic E-state index is -0.468. The van der Waals surface area contributed by atoms with Crippen molar-refractivity contribution >= 4 is 34.7 Å². The molecule has 2 aromatic carbocycles. The zero-order valence-electron chi connectivity index (χ0n) is 13.7. The van der Waals surface area contributed by atoms with Gasteiger partial charge in [0.2, 0.25) is 5.95 Å². The number of ether oxygens (including phenoxy) is 1. The predicted octanol–water partition coefficient (Wildman–Crippen LogP) is 5.07. The summed E-state index contributed by atoms with van der Waals surface area (Å²) >= 11 is 5.81. The van der Waals surface area contributed by atoms with E-state index in [-0.39, 0.29) is 5.02 Å². The van der Waals surface area contributed by atoms with Crippen LogP contribution in [-0.4, -0.2) is 17.1 Å². The van der Waals surface area contributed by atoms with Crippen molar-refractivity contribution < 1.29 is 9.13 Å². The normalized spacial score (nSPS) is 10.4. The fourth-order valence-electron chi connectivity index (χ4n) is 2.28. The van der Waals surface area contributed by atoms with Crippen LogP contribution in [0.15, 0.2) is 48.5 Å². The number of nitrogens with zero attached hydrogens (tertiary/aromatic N) is 2. The molecule has 5 nitrogen and oxygen atoms in total. The Bertz CT molecular complexity index is 904. The number of benzene rings is 2. The first kappa shape index (κ1) is 17.0. The summed E-state index contributed by atoms with van der Waals surface area (Å²) in [5.41, 5.74) is 2.15. The summed E-state index contributed by atoms with van der Waals surface area (Å²) in [6, 6.07) is 13.7. The molecular weight excluding hydrogens is 343 g/mol. The van der Waals surface area contributed by atoms with Gasteiger partial charge >= 0.3 is 0 Å². The SMILES string of the molecule is COc1ccccc1Nc1nc(C)cc(Nc2ccc(F)c(Cl)c2)n1. The lowest BCUT2D eigenvalue weighted by molar-refractivity contribution is 0.417. The molecule has 0 spiro atoms. The Hall–Kier alpha value is -2.86. The number of aromatic nitrogens is 2. The van der Waals surface area contributed by atoms with E-state index in [9.17, 15) is 4.39 Å². The molecule has 0 fully saturated rings. The number of rotatable bonds is 5. The third-order valence-electron chi connectivity index (χ3n) is 3.40. The Labute approximate surface area is 149 Å². The van der Waals surface area contributed by atoms with Crippen LogP contribution in [0, 0.1) is 12.7 Å². The molecule has 3 aromatic rings. The molecule has 0 atom stereocenters. The summed E-state index contributed by atoms with van der Waals surface area (Å²) in [6.45, 7) is 1.86. The molecule has 0 bridgehead atoms. The largest absolute Gasteiger partial charge is 0.495 e. The minimum absolute atomic E-state index is 0.0446. The van der Waals surface area contributed by atoms with Crippen LogP contribution in [0.3, 0.4) is 0 Å². The zero-order valence-corrected chi connectivity index (χ0v) is 14.4. The number of hydrogen-bond acceptors (Lipinski definition) is 5. The lowest BCUT2D eigenvalue weighted by atomic mass is 10.3. The fourth-order valence-corrected chi connectivity index (χ4v) is 2.46. The molecule has 3 rings (SSSR count). The van der Waals surface area contributed by atoms with Gasteiger partial charge in [0.25, 0.3) is 0 Å². The van der Waals surface area contributed by atoms with Gasteiger partial charge in [0.05, 0.1) is 17.8 Å². The van der Waals surface area contributed by atoms with Crippen LogP contribution in [0.2, 0.25) is 5.02 Å². The van der Waals surface area contributed by atoms with Crippen molar-refractivity contribution in [2.24, 2.45) is 0 Å². The molecule has 0 saturated carbocycles. The molecule has 2 N–H and O–H groups in total. The van der Waals surface area contributed by atoms with Crippen LogP contribution in [0.5, 0.6) is 5.75 Å². The van der Waals surface area contributed by atoms with Crippen molar-refractivity contribution in [1.82, 2.24) is 9.97 Å². The number of halogens is 2. The van der Waals surface area contributed by atoms with E-state index in [2.05, 4.69) is 20.6 Å². The first-order chi connectivity index (χ1) is 12.0. The second kappa shape index (κ2) is 7.36. The highest BCUT2D eigenvalue weighted by atomic mass is 35.5. The van der Waals surface area contributed by atoms with Crippen molar-refractivity contribution in [3.05, 3.63) is 65.1 Å². The smallest absolute Gasteiger partial charge is 0.229 e. The summed E-state index contributed by atoms with van der Waals surface area (Å²) in [5, 5.41) is 6.28. The monoisotopic (exact) mass is 358 g/mol. The van der Waals surface area contributed by atoms with Gasteiger partial charge < -0.3 is 15.4 Å².